The lowest BCUT2D eigenvalue weighted by Crippen LogP contribution is -2.34. The molecule has 1 aliphatic heterocycles. The molecule has 74 valence electrons. The van der Waals surface area contributed by atoms with Crippen LogP contribution in [0.5, 0.6) is 0 Å². The van der Waals surface area contributed by atoms with Crippen molar-refractivity contribution in [1.82, 2.24) is 4.90 Å². The lowest BCUT2D eigenvalue weighted by Gasteiger charge is -2.14. The number of nitrogens with two attached hydrogens (primary N) is 1. The SMILES string of the molecule is CC1CC(=O)N(CCC(N)O)C1=O. The Hall–Kier alpha value is -0.940. The van der Waals surface area contributed by atoms with Crippen LogP contribution in [0.1, 0.15) is 19.8 Å². The molecule has 1 saturated heterocycles. The quantitative estimate of drug-likeness (QED) is 0.439. The third kappa shape index (κ3) is 2.26. The highest BCUT2D eigenvalue weighted by molar-refractivity contribution is 6.03. The average molecular weight is 186 g/mol. The molecule has 1 heterocycles. The largest absolute Gasteiger partial charge is 0.379 e. The Labute approximate surface area is 76.5 Å². The van der Waals surface area contributed by atoms with Crippen LogP contribution in [0.4, 0.5) is 0 Å². The van der Waals surface area contributed by atoms with Gasteiger partial charge in [0.1, 0.15) is 6.23 Å². The van der Waals surface area contributed by atoms with Gasteiger partial charge in [0.25, 0.3) is 0 Å². The fraction of sp³-hybridized carbons (Fsp3) is 0.750. The molecule has 1 fully saturated rings. The van der Waals surface area contributed by atoms with Gasteiger partial charge in [0.05, 0.1) is 0 Å². The molecule has 0 aromatic carbocycles. The van der Waals surface area contributed by atoms with E-state index in [1.165, 1.54) is 4.90 Å². The molecular weight excluding hydrogens is 172 g/mol. The average Bonchev–Trinajstić information content (AvgIpc) is 2.24. The minimum absolute atomic E-state index is 0.161. The first-order valence-electron chi connectivity index (χ1n) is 4.30. The summed E-state index contributed by atoms with van der Waals surface area (Å²) in [5.74, 6) is -0.550. The van der Waals surface area contributed by atoms with Gasteiger partial charge in [-0.3, -0.25) is 14.5 Å². The van der Waals surface area contributed by atoms with E-state index >= 15 is 0 Å². The van der Waals surface area contributed by atoms with E-state index < -0.39 is 6.23 Å². The van der Waals surface area contributed by atoms with Crippen LogP contribution in [0.2, 0.25) is 0 Å². The Balaban J connectivity index is 2.49. The van der Waals surface area contributed by atoms with Crippen LogP contribution in [-0.2, 0) is 9.59 Å². The second-order valence-corrected chi connectivity index (χ2v) is 3.34. The molecule has 2 atom stereocenters. The van der Waals surface area contributed by atoms with Crippen molar-refractivity contribution < 1.29 is 14.7 Å². The predicted octanol–water partition coefficient (Wildman–Crippen LogP) is -0.951. The summed E-state index contributed by atoms with van der Waals surface area (Å²) in [6.07, 6.45) is -0.444. The zero-order valence-electron chi connectivity index (χ0n) is 7.56. The lowest BCUT2D eigenvalue weighted by atomic mass is 10.1. The smallest absolute Gasteiger partial charge is 0.232 e. The summed E-state index contributed by atoms with van der Waals surface area (Å²) >= 11 is 0. The highest BCUT2D eigenvalue weighted by Gasteiger charge is 2.34. The van der Waals surface area contributed by atoms with Gasteiger partial charge in [-0.05, 0) is 0 Å². The summed E-state index contributed by atoms with van der Waals surface area (Å²) in [6, 6.07) is 0. The van der Waals surface area contributed by atoms with Crippen LogP contribution in [0, 0.1) is 5.92 Å². The van der Waals surface area contributed by atoms with Crippen molar-refractivity contribution in [3.05, 3.63) is 0 Å². The molecule has 0 spiro atoms. The van der Waals surface area contributed by atoms with E-state index in [2.05, 4.69) is 0 Å². The summed E-state index contributed by atoms with van der Waals surface area (Å²) in [5.41, 5.74) is 5.10. The van der Waals surface area contributed by atoms with Gasteiger partial charge in [0, 0.05) is 25.3 Å². The number of amides is 2. The maximum atomic E-state index is 11.3. The monoisotopic (exact) mass is 186 g/mol. The van der Waals surface area contributed by atoms with Gasteiger partial charge in [-0.1, -0.05) is 6.92 Å². The molecule has 0 saturated carbocycles. The van der Waals surface area contributed by atoms with Gasteiger partial charge >= 0.3 is 0 Å². The zero-order chi connectivity index (χ0) is 10.0. The Morgan fingerprint density at radius 1 is 1.69 bits per heavy atom. The fourth-order valence-electron chi connectivity index (χ4n) is 1.34. The highest BCUT2D eigenvalue weighted by Crippen LogP contribution is 2.18. The number of likely N-dealkylation sites (tertiary alicyclic amines) is 1. The third-order valence-corrected chi connectivity index (χ3v) is 2.12. The number of carbonyl (C=O) groups is 2. The number of hydrogen-bond donors (Lipinski definition) is 2. The van der Waals surface area contributed by atoms with Gasteiger partial charge in [-0.2, -0.15) is 0 Å². The van der Waals surface area contributed by atoms with Crippen molar-refractivity contribution in [2.24, 2.45) is 11.7 Å². The molecule has 13 heavy (non-hydrogen) atoms. The normalized spacial score (nSPS) is 25.5. The number of nitrogens with zero attached hydrogens (tertiary/aromatic N) is 1. The lowest BCUT2D eigenvalue weighted by molar-refractivity contribution is -0.139. The first kappa shape index (κ1) is 10.1. The van der Waals surface area contributed by atoms with E-state index in [9.17, 15) is 9.59 Å². The van der Waals surface area contributed by atoms with Crippen molar-refractivity contribution in [3.8, 4) is 0 Å². The van der Waals surface area contributed by atoms with E-state index in [4.69, 9.17) is 10.8 Å². The second kappa shape index (κ2) is 3.85. The first-order valence-corrected chi connectivity index (χ1v) is 4.30. The van der Waals surface area contributed by atoms with Gasteiger partial charge in [-0.15, -0.1) is 0 Å². The molecule has 0 radical (unpaired) electrons. The van der Waals surface area contributed by atoms with Crippen molar-refractivity contribution in [3.63, 3.8) is 0 Å². The molecule has 1 aliphatic rings. The number of rotatable bonds is 3. The molecule has 0 aromatic rings. The molecule has 5 heteroatoms. The molecule has 2 unspecified atom stereocenters. The topological polar surface area (TPSA) is 83.6 Å². The number of hydrogen-bond acceptors (Lipinski definition) is 4. The Bertz CT molecular complexity index is 227. The van der Waals surface area contributed by atoms with Crippen LogP contribution in [0.15, 0.2) is 0 Å². The number of imide groups is 1. The Kier molecular flexibility index (Phi) is 3.00. The van der Waals surface area contributed by atoms with Crippen LogP contribution in [0.25, 0.3) is 0 Å². The fourth-order valence-corrected chi connectivity index (χ4v) is 1.34. The third-order valence-electron chi connectivity index (χ3n) is 2.12. The summed E-state index contributed by atoms with van der Waals surface area (Å²) < 4.78 is 0. The minimum Gasteiger partial charge on any atom is -0.379 e. The second-order valence-electron chi connectivity index (χ2n) is 3.34. The standard InChI is InChI=1S/C8H14N2O3/c1-5-4-7(12)10(8(5)13)3-2-6(9)11/h5-6,11H,2-4,9H2,1H3. The molecule has 0 bridgehead atoms. The van der Waals surface area contributed by atoms with Gasteiger partial charge in [0.2, 0.25) is 11.8 Å². The molecule has 3 N–H and O–H groups in total. The van der Waals surface area contributed by atoms with Crippen LogP contribution in [0.3, 0.4) is 0 Å². The van der Waals surface area contributed by atoms with E-state index in [0.29, 0.717) is 0 Å². The predicted molar refractivity (Wildman–Crippen MR) is 45.3 cm³/mol. The van der Waals surface area contributed by atoms with Crippen molar-refractivity contribution in [2.45, 2.75) is 26.0 Å². The van der Waals surface area contributed by atoms with Gasteiger partial charge in [-0.25, -0.2) is 0 Å². The van der Waals surface area contributed by atoms with Crippen LogP contribution >= 0.6 is 0 Å². The van der Waals surface area contributed by atoms with E-state index in [1.54, 1.807) is 6.92 Å². The van der Waals surface area contributed by atoms with Crippen molar-refractivity contribution in [1.29, 1.82) is 0 Å². The Morgan fingerprint density at radius 3 is 2.69 bits per heavy atom. The van der Waals surface area contributed by atoms with E-state index in [0.717, 1.165) is 0 Å². The number of carbonyl (C=O) groups excluding carboxylic acids is 2. The molecule has 0 aromatic heterocycles. The van der Waals surface area contributed by atoms with Crippen molar-refractivity contribution in [2.75, 3.05) is 6.54 Å². The highest BCUT2D eigenvalue weighted by atomic mass is 16.3. The zero-order valence-corrected chi connectivity index (χ0v) is 7.56. The summed E-state index contributed by atoms with van der Waals surface area (Å²) in [7, 11) is 0. The number of aliphatic hydroxyl groups is 1. The number of aliphatic hydroxyl groups excluding tert-OH is 1. The molecule has 5 nitrogen and oxygen atoms in total. The maximum Gasteiger partial charge on any atom is 0.232 e. The summed E-state index contributed by atoms with van der Waals surface area (Å²) in [4.78, 5) is 23.7. The Morgan fingerprint density at radius 2 is 2.31 bits per heavy atom. The molecule has 0 aliphatic carbocycles. The minimum atomic E-state index is -0.962. The van der Waals surface area contributed by atoms with Gasteiger partial charge in [0.15, 0.2) is 0 Å². The van der Waals surface area contributed by atoms with Crippen molar-refractivity contribution >= 4 is 11.8 Å². The van der Waals surface area contributed by atoms with Gasteiger partial charge < -0.3 is 10.8 Å². The molecule has 2 amide bonds. The first-order chi connectivity index (χ1) is 6.02. The summed E-state index contributed by atoms with van der Waals surface area (Å²) in [6.45, 7) is 1.94. The maximum absolute atomic E-state index is 11.3. The molecular formula is C8H14N2O3. The van der Waals surface area contributed by atoms with E-state index in [-0.39, 0.29) is 37.1 Å². The van der Waals surface area contributed by atoms with Crippen LogP contribution < -0.4 is 5.73 Å². The van der Waals surface area contributed by atoms with E-state index in [1.807, 2.05) is 0 Å². The molecule has 1 rings (SSSR count). The summed E-state index contributed by atoms with van der Waals surface area (Å²) in [5, 5.41) is 8.78. The van der Waals surface area contributed by atoms with Crippen LogP contribution in [-0.4, -0.2) is 34.6 Å².